The van der Waals surface area contributed by atoms with Crippen LogP contribution < -0.4 is 10.1 Å². The predicted octanol–water partition coefficient (Wildman–Crippen LogP) is 4.43. The van der Waals surface area contributed by atoms with Crippen LogP contribution in [0.2, 0.25) is 5.02 Å². The molecule has 0 aliphatic carbocycles. The molecule has 1 N–H and O–H groups in total. The number of alkyl halides is 3. The van der Waals surface area contributed by atoms with Crippen LogP contribution in [0.15, 0.2) is 53.4 Å². The highest BCUT2D eigenvalue weighted by atomic mass is 35.5. The molecule has 0 saturated heterocycles. The molecule has 0 aliphatic heterocycles. The minimum atomic E-state index is -4.89. The Bertz CT molecular complexity index is 941. The average Bonchev–Trinajstić information content (AvgIpc) is 2.55. The van der Waals surface area contributed by atoms with Crippen molar-refractivity contribution in [2.75, 3.05) is 5.32 Å². The molecule has 0 atom stereocenters. The van der Waals surface area contributed by atoms with E-state index in [4.69, 9.17) is 11.6 Å². The number of hydrogen-bond donors (Lipinski definition) is 1. The SMILES string of the molecule is CC(C)(C(=O)Nc1ccccc1Cl)S(=O)(=O)c1ccc(OC(F)(F)F)cc1. The van der Waals surface area contributed by atoms with Crippen LogP contribution in [0.5, 0.6) is 5.75 Å². The van der Waals surface area contributed by atoms with Crippen molar-refractivity contribution in [2.24, 2.45) is 0 Å². The number of nitrogens with one attached hydrogen (secondary N) is 1. The number of para-hydroxylation sites is 1. The van der Waals surface area contributed by atoms with Crippen LogP contribution in [-0.4, -0.2) is 25.4 Å². The van der Waals surface area contributed by atoms with Gasteiger partial charge in [0.15, 0.2) is 9.84 Å². The van der Waals surface area contributed by atoms with E-state index in [0.29, 0.717) is 0 Å². The Morgan fingerprint density at radius 1 is 1.04 bits per heavy atom. The molecule has 0 spiro atoms. The van der Waals surface area contributed by atoms with Crippen molar-refractivity contribution in [3.8, 4) is 5.75 Å². The van der Waals surface area contributed by atoms with Gasteiger partial charge in [-0.05, 0) is 50.2 Å². The first-order valence-electron chi connectivity index (χ1n) is 7.51. The number of anilines is 1. The van der Waals surface area contributed by atoms with Crippen LogP contribution in [0.3, 0.4) is 0 Å². The monoisotopic (exact) mass is 421 g/mol. The van der Waals surface area contributed by atoms with Gasteiger partial charge in [0.2, 0.25) is 5.91 Å². The minimum absolute atomic E-state index is 0.229. The van der Waals surface area contributed by atoms with E-state index in [1.54, 1.807) is 12.1 Å². The van der Waals surface area contributed by atoms with Crippen LogP contribution in [0, 0.1) is 0 Å². The van der Waals surface area contributed by atoms with Crippen LogP contribution in [0.4, 0.5) is 18.9 Å². The normalized spacial score (nSPS) is 12.5. The highest BCUT2D eigenvalue weighted by molar-refractivity contribution is 7.93. The van der Waals surface area contributed by atoms with Crippen LogP contribution >= 0.6 is 11.6 Å². The summed E-state index contributed by atoms with van der Waals surface area (Å²) in [5, 5.41) is 2.67. The number of halogens is 4. The van der Waals surface area contributed by atoms with Gasteiger partial charge in [-0.2, -0.15) is 0 Å². The van der Waals surface area contributed by atoms with E-state index in [9.17, 15) is 26.4 Å². The Labute approximate surface area is 159 Å². The summed E-state index contributed by atoms with van der Waals surface area (Å²) in [4.78, 5) is 12.2. The maximum absolute atomic E-state index is 12.8. The van der Waals surface area contributed by atoms with Gasteiger partial charge in [-0.15, -0.1) is 13.2 Å². The zero-order valence-electron chi connectivity index (χ0n) is 14.2. The molecule has 2 aromatic carbocycles. The number of amides is 1. The van der Waals surface area contributed by atoms with Crippen molar-refractivity contribution < 1.29 is 31.1 Å². The number of rotatable bonds is 5. The first kappa shape index (κ1) is 21.0. The van der Waals surface area contributed by atoms with E-state index in [1.165, 1.54) is 26.0 Å². The van der Waals surface area contributed by atoms with Gasteiger partial charge in [0.25, 0.3) is 0 Å². The zero-order chi connectivity index (χ0) is 20.5. The van der Waals surface area contributed by atoms with Gasteiger partial charge in [-0.25, -0.2) is 8.42 Å². The molecule has 1 amide bonds. The van der Waals surface area contributed by atoms with Gasteiger partial charge >= 0.3 is 6.36 Å². The van der Waals surface area contributed by atoms with Crippen molar-refractivity contribution in [1.29, 1.82) is 0 Å². The quantitative estimate of drug-likeness (QED) is 0.775. The Balaban J connectivity index is 2.28. The Kier molecular flexibility index (Phi) is 5.77. The molecule has 146 valence electrons. The second kappa shape index (κ2) is 7.40. The van der Waals surface area contributed by atoms with E-state index < -0.39 is 32.6 Å². The van der Waals surface area contributed by atoms with E-state index in [-0.39, 0.29) is 15.6 Å². The summed E-state index contributed by atoms with van der Waals surface area (Å²) in [5.41, 5.74) is 0.237. The largest absolute Gasteiger partial charge is 0.573 e. The lowest BCUT2D eigenvalue weighted by molar-refractivity contribution is -0.274. The topological polar surface area (TPSA) is 72.5 Å². The molecule has 0 unspecified atom stereocenters. The lowest BCUT2D eigenvalue weighted by Crippen LogP contribution is -2.44. The molecule has 0 fully saturated rings. The van der Waals surface area contributed by atoms with Crippen molar-refractivity contribution in [2.45, 2.75) is 29.9 Å². The van der Waals surface area contributed by atoms with E-state index >= 15 is 0 Å². The number of carbonyl (C=O) groups excluding carboxylic acids is 1. The van der Waals surface area contributed by atoms with E-state index in [1.807, 2.05) is 0 Å². The number of hydrogen-bond acceptors (Lipinski definition) is 4. The van der Waals surface area contributed by atoms with Gasteiger partial charge in [0, 0.05) is 0 Å². The molecule has 0 saturated carbocycles. The second-order valence-electron chi connectivity index (χ2n) is 5.97. The number of benzene rings is 2. The summed E-state index contributed by atoms with van der Waals surface area (Å²) < 4.78 is 64.0. The summed E-state index contributed by atoms with van der Waals surface area (Å²) in [5.74, 6) is -1.41. The first-order chi connectivity index (χ1) is 12.3. The van der Waals surface area contributed by atoms with Crippen LogP contribution in [-0.2, 0) is 14.6 Å². The van der Waals surface area contributed by atoms with E-state index in [2.05, 4.69) is 10.1 Å². The summed E-state index contributed by atoms with van der Waals surface area (Å²) in [6, 6.07) is 9.91. The molecule has 0 aromatic heterocycles. The minimum Gasteiger partial charge on any atom is -0.406 e. The van der Waals surface area contributed by atoms with Gasteiger partial charge in [-0.1, -0.05) is 23.7 Å². The van der Waals surface area contributed by atoms with Gasteiger partial charge in [-0.3, -0.25) is 4.79 Å². The molecule has 27 heavy (non-hydrogen) atoms. The van der Waals surface area contributed by atoms with Crippen molar-refractivity contribution in [3.05, 3.63) is 53.6 Å². The van der Waals surface area contributed by atoms with Crippen LogP contribution in [0.25, 0.3) is 0 Å². The summed E-state index contributed by atoms with van der Waals surface area (Å²) in [6.45, 7) is 2.38. The van der Waals surface area contributed by atoms with Crippen molar-refractivity contribution in [1.82, 2.24) is 0 Å². The van der Waals surface area contributed by atoms with Crippen molar-refractivity contribution in [3.63, 3.8) is 0 Å². The molecule has 2 rings (SSSR count). The fraction of sp³-hybridized carbons (Fsp3) is 0.235. The smallest absolute Gasteiger partial charge is 0.406 e. The highest BCUT2D eigenvalue weighted by Crippen LogP contribution is 2.30. The first-order valence-corrected chi connectivity index (χ1v) is 9.37. The molecule has 0 heterocycles. The molecule has 2 aromatic rings. The summed E-state index contributed by atoms with van der Waals surface area (Å²) in [7, 11) is -4.22. The number of ether oxygens (including phenoxy) is 1. The molecular weight excluding hydrogens is 407 g/mol. The fourth-order valence-electron chi connectivity index (χ4n) is 2.07. The third kappa shape index (κ3) is 4.72. The van der Waals surface area contributed by atoms with E-state index in [0.717, 1.165) is 24.3 Å². The van der Waals surface area contributed by atoms with Crippen LogP contribution in [0.1, 0.15) is 13.8 Å². The summed E-state index contributed by atoms with van der Waals surface area (Å²) in [6.07, 6.45) is -4.89. The zero-order valence-corrected chi connectivity index (χ0v) is 15.7. The Morgan fingerprint density at radius 2 is 1.59 bits per heavy atom. The van der Waals surface area contributed by atoms with Gasteiger partial charge in [0.05, 0.1) is 15.6 Å². The lowest BCUT2D eigenvalue weighted by Gasteiger charge is -2.24. The maximum Gasteiger partial charge on any atom is 0.573 e. The predicted molar refractivity (Wildman–Crippen MR) is 94.5 cm³/mol. The molecular formula is C17H15ClF3NO4S. The maximum atomic E-state index is 12.8. The third-order valence-corrected chi connectivity index (χ3v) is 6.46. The Morgan fingerprint density at radius 3 is 2.11 bits per heavy atom. The fourth-order valence-corrected chi connectivity index (χ4v) is 3.63. The molecule has 0 aliphatic rings. The van der Waals surface area contributed by atoms with Crippen molar-refractivity contribution >= 4 is 33.0 Å². The lowest BCUT2D eigenvalue weighted by atomic mass is 10.2. The molecule has 0 radical (unpaired) electrons. The van der Waals surface area contributed by atoms with Gasteiger partial charge < -0.3 is 10.1 Å². The standard InChI is InChI=1S/C17H15ClF3NO4S/c1-16(2,15(23)22-14-6-4-3-5-13(14)18)27(24,25)12-9-7-11(8-10-12)26-17(19,20)21/h3-10H,1-2H3,(H,22,23). The summed E-state index contributed by atoms with van der Waals surface area (Å²) >= 11 is 5.95. The second-order valence-corrected chi connectivity index (χ2v) is 8.87. The molecule has 0 bridgehead atoms. The molecule has 10 heteroatoms. The molecule has 5 nitrogen and oxygen atoms in total. The van der Waals surface area contributed by atoms with Gasteiger partial charge in [0.1, 0.15) is 10.5 Å². The Hall–Kier alpha value is -2.26. The number of sulfone groups is 1. The average molecular weight is 422 g/mol. The number of carbonyl (C=O) groups is 1. The third-order valence-electron chi connectivity index (χ3n) is 3.71. The highest BCUT2D eigenvalue weighted by Gasteiger charge is 2.43.